The third-order valence-electron chi connectivity index (χ3n) is 2.72. The largest absolute Gasteiger partial charge is 0.394 e. The molecule has 0 aromatic heterocycles. The molecule has 1 saturated heterocycles. The van der Waals surface area contributed by atoms with Gasteiger partial charge in [-0.3, -0.25) is 4.18 Å². The van der Waals surface area contributed by atoms with E-state index < -0.39 is 46.1 Å². The van der Waals surface area contributed by atoms with Crippen molar-refractivity contribution in [3.8, 4) is 0 Å². The van der Waals surface area contributed by atoms with Crippen LogP contribution in [0.4, 0.5) is 0 Å². The van der Waals surface area contributed by atoms with Gasteiger partial charge in [0, 0.05) is 11.2 Å². The molecule has 0 radical (unpaired) electrons. The quantitative estimate of drug-likeness (QED) is 0.408. The van der Waals surface area contributed by atoms with E-state index in [0.29, 0.717) is 0 Å². The Morgan fingerprint density at radius 2 is 1.89 bits per heavy atom. The van der Waals surface area contributed by atoms with Crippen molar-refractivity contribution in [1.29, 1.82) is 0 Å². The van der Waals surface area contributed by atoms with Gasteiger partial charge in [-0.1, -0.05) is 0 Å². The van der Waals surface area contributed by atoms with Crippen molar-refractivity contribution in [2.45, 2.75) is 30.7 Å². The lowest BCUT2D eigenvalue weighted by molar-refractivity contribution is -0.299. The summed E-state index contributed by atoms with van der Waals surface area (Å²) >= 11 is 4.62. The van der Waals surface area contributed by atoms with Gasteiger partial charge in [0.25, 0.3) is 0 Å². The van der Waals surface area contributed by atoms with E-state index in [2.05, 4.69) is 15.4 Å². The molecule has 0 saturated carbocycles. The molecule has 19 heavy (non-hydrogen) atoms. The lowest BCUT2D eigenvalue weighted by Crippen LogP contribution is -2.59. The normalized spacial score (nSPS) is 38.9. The summed E-state index contributed by atoms with van der Waals surface area (Å²) in [6.07, 6.45) is -6.73. The Hall–Kier alpha value is 0.0900. The van der Waals surface area contributed by atoms with Crippen molar-refractivity contribution in [1.82, 2.24) is 0 Å². The summed E-state index contributed by atoms with van der Waals surface area (Å²) in [6, 6.07) is 0. The standard InChI is InChI=1S/C9H18O8S2/c1-15-19(14,18)3-2-16-9-8(13)7(12)6(11)5(4-10)17-9/h5-13H,2-4H2,1H3/t5?,6-,7-,8?,9+,19?/m0/s1. The molecule has 8 nitrogen and oxygen atoms in total. The van der Waals surface area contributed by atoms with Crippen molar-refractivity contribution < 1.29 is 38.3 Å². The van der Waals surface area contributed by atoms with Gasteiger partial charge in [0.15, 0.2) is 6.29 Å². The van der Waals surface area contributed by atoms with E-state index in [-0.39, 0.29) is 12.4 Å². The minimum absolute atomic E-state index is 0.0894. The Bertz CT molecular complexity index is 370. The van der Waals surface area contributed by atoms with Crippen LogP contribution in [0.2, 0.25) is 0 Å². The van der Waals surface area contributed by atoms with Gasteiger partial charge in [0.1, 0.15) is 33.2 Å². The summed E-state index contributed by atoms with van der Waals surface area (Å²) in [6.45, 7) is -0.667. The molecule has 0 bridgehead atoms. The predicted molar refractivity (Wildman–Crippen MR) is 67.1 cm³/mol. The molecular weight excluding hydrogens is 300 g/mol. The summed E-state index contributed by atoms with van der Waals surface area (Å²) in [5.74, 6) is -0.0894. The number of hydrogen-bond acceptors (Lipinski definition) is 9. The molecule has 6 atom stereocenters. The molecule has 1 aliphatic heterocycles. The molecule has 1 heterocycles. The molecule has 0 aromatic carbocycles. The molecular formula is C9H18O8S2. The maximum atomic E-state index is 11.4. The van der Waals surface area contributed by atoms with Crippen molar-refractivity contribution in [3.05, 3.63) is 0 Å². The van der Waals surface area contributed by atoms with Crippen LogP contribution in [0.1, 0.15) is 0 Å². The van der Waals surface area contributed by atoms with Crippen molar-refractivity contribution in [2.75, 3.05) is 26.1 Å². The predicted octanol–water partition coefficient (Wildman–Crippen LogP) is -2.89. The van der Waals surface area contributed by atoms with Crippen LogP contribution in [0.3, 0.4) is 0 Å². The second-order valence-electron chi connectivity index (χ2n) is 4.00. The fourth-order valence-corrected chi connectivity index (χ4v) is 2.23. The Morgan fingerprint density at radius 3 is 2.42 bits per heavy atom. The number of aliphatic hydroxyl groups is 4. The van der Waals surface area contributed by atoms with Gasteiger partial charge in [0.2, 0.25) is 0 Å². The molecule has 114 valence electrons. The molecule has 0 aliphatic carbocycles. The van der Waals surface area contributed by atoms with Gasteiger partial charge in [-0.2, -0.15) is 0 Å². The van der Waals surface area contributed by atoms with E-state index in [1.165, 1.54) is 7.11 Å². The average Bonchev–Trinajstić information content (AvgIpc) is 2.38. The maximum absolute atomic E-state index is 11.4. The third-order valence-corrected chi connectivity index (χ3v) is 4.80. The second kappa shape index (κ2) is 7.20. The zero-order valence-corrected chi connectivity index (χ0v) is 11.9. The fraction of sp³-hybridized carbons (Fsp3) is 1.00. The molecule has 1 fully saturated rings. The summed E-state index contributed by atoms with van der Waals surface area (Å²) in [5, 5.41) is 37.6. The highest BCUT2D eigenvalue weighted by Gasteiger charge is 2.43. The van der Waals surface area contributed by atoms with Crippen molar-refractivity contribution >= 4 is 20.0 Å². The van der Waals surface area contributed by atoms with Crippen molar-refractivity contribution in [2.24, 2.45) is 0 Å². The Kier molecular flexibility index (Phi) is 6.50. The van der Waals surface area contributed by atoms with Crippen LogP contribution in [-0.2, 0) is 33.6 Å². The van der Waals surface area contributed by atoms with Gasteiger partial charge in [0.05, 0.1) is 26.1 Å². The lowest BCUT2D eigenvalue weighted by atomic mass is 9.99. The van der Waals surface area contributed by atoms with Gasteiger partial charge in [-0.05, 0) is 0 Å². The zero-order chi connectivity index (χ0) is 14.6. The maximum Gasteiger partial charge on any atom is 0.186 e. The van der Waals surface area contributed by atoms with Crippen molar-refractivity contribution in [3.63, 3.8) is 0 Å². The number of aliphatic hydroxyl groups excluding tert-OH is 4. The molecule has 3 unspecified atom stereocenters. The molecule has 10 heteroatoms. The highest BCUT2D eigenvalue weighted by Crippen LogP contribution is 2.21. The smallest absolute Gasteiger partial charge is 0.186 e. The topological polar surface area (TPSA) is 126 Å². The van der Waals surface area contributed by atoms with Crippen LogP contribution < -0.4 is 0 Å². The molecule has 4 N–H and O–H groups in total. The second-order valence-corrected chi connectivity index (χ2v) is 7.38. The van der Waals surface area contributed by atoms with E-state index in [4.69, 9.17) is 14.6 Å². The van der Waals surface area contributed by atoms with Crippen LogP contribution in [0.25, 0.3) is 0 Å². The van der Waals surface area contributed by atoms with E-state index >= 15 is 0 Å². The Labute approximate surface area is 115 Å². The first kappa shape index (κ1) is 17.1. The molecule has 1 aliphatic rings. The van der Waals surface area contributed by atoms with Gasteiger partial charge in [-0.15, -0.1) is 0 Å². The molecule has 0 spiro atoms. The number of rotatable bonds is 6. The minimum Gasteiger partial charge on any atom is -0.394 e. The highest BCUT2D eigenvalue weighted by atomic mass is 32.8. The SMILES string of the molecule is COS(=O)(=S)CCO[C@@H]1OC(CO)[C@H](O)[C@H](O)C1O. The van der Waals surface area contributed by atoms with Crippen LogP contribution in [0, 0.1) is 0 Å². The summed E-state index contributed by atoms with van der Waals surface area (Å²) in [4.78, 5) is 0. The van der Waals surface area contributed by atoms with Crippen LogP contribution in [0.5, 0.6) is 0 Å². The minimum atomic E-state index is -2.87. The summed E-state index contributed by atoms with van der Waals surface area (Å²) in [5.41, 5.74) is 0. The first-order valence-corrected chi connectivity index (χ1v) is 8.10. The van der Waals surface area contributed by atoms with Crippen LogP contribution in [-0.4, -0.2) is 81.4 Å². The van der Waals surface area contributed by atoms with Crippen LogP contribution in [0.15, 0.2) is 0 Å². The number of ether oxygens (including phenoxy) is 2. The van der Waals surface area contributed by atoms with E-state index in [9.17, 15) is 19.5 Å². The van der Waals surface area contributed by atoms with E-state index in [0.717, 1.165) is 0 Å². The van der Waals surface area contributed by atoms with Gasteiger partial charge >= 0.3 is 0 Å². The number of hydrogen-bond donors (Lipinski definition) is 4. The first-order chi connectivity index (χ1) is 8.82. The monoisotopic (exact) mass is 318 g/mol. The third kappa shape index (κ3) is 4.55. The first-order valence-electron chi connectivity index (χ1n) is 5.53. The lowest BCUT2D eigenvalue weighted by Gasteiger charge is -2.39. The molecule has 0 aromatic rings. The Morgan fingerprint density at radius 1 is 1.26 bits per heavy atom. The fourth-order valence-electron chi connectivity index (χ4n) is 1.55. The van der Waals surface area contributed by atoms with Crippen LogP contribution >= 0.6 is 0 Å². The van der Waals surface area contributed by atoms with Gasteiger partial charge in [-0.25, -0.2) is 4.21 Å². The summed E-state index contributed by atoms with van der Waals surface area (Å²) < 4.78 is 26.1. The van der Waals surface area contributed by atoms with E-state index in [1.54, 1.807) is 0 Å². The van der Waals surface area contributed by atoms with Gasteiger partial charge < -0.3 is 29.9 Å². The Balaban J connectivity index is 2.53. The zero-order valence-electron chi connectivity index (χ0n) is 10.2. The highest BCUT2D eigenvalue weighted by molar-refractivity contribution is 8.30. The molecule has 1 rings (SSSR count). The molecule has 0 amide bonds. The average molecular weight is 318 g/mol. The van der Waals surface area contributed by atoms with E-state index in [1.807, 2.05) is 0 Å². The summed E-state index contributed by atoms with van der Waals surface area (Å²) in [7, 11) is -1.66.